The first-order chi connectivity index (χ1) is 15.4. The standard InChI is InChI=1S/C25H25ClN4OS/c1-16-5-4-6-22(17(16)2)28-11-13-29(14-12-28)24(31)23-15-21-18(3)27-30(25(21)32-23)20-9-7-19(26)8-10-20/h4-10,15H,11-14H2,1-3H3. The molecular formula is C25H25ClN4OS. The Labute approximate surface area is 196 Å². The molecule has 164 valence electrons. The van der Waals surface area contributed by atoms with Gasteiger partial charge in [0, 0.05) is 42.3 Å². The molecule has 1 amide bonds. The van der Waals surface area contributed by atoms with E-state index in [9.17, 15) is 4.79 Å². The first-order valence-electron chi connectivity index (χ1n) is 10.8. The van der Waals surface area contributed by atoms with Gasteiger partial charge in [0.15, 0.2) is 0 Å². The molecule has 4 aromatic rings. The summed E-state index contributed by atoms with van der Waals surface area (Å²) in [5.41, 5.74) is 5.76. The van der Waals surface area contributed by atoms with Gasteiger partial charge in [-0.15, -0.1) is 11.3 Å². The van der Waals surface area contributed by atoms with Crippen LogP contribution in [0.15, 0.2) is 48.5 Å². The summed E-state index contributed by atoms with van der Waals surface area (Å²) < 4.78 is 1.90. The van der Waals surface area contributed by atoms with Crippen LogP contribution in [0.4, 0.5) is 5.69 Å². The van der Waals surface area contributed by atoms with Gasteiger partial charge in [0.1, 0.15) is 4.83 Å². The Morgan fingerprint density at radius 1 is 1.00 bits per heavy atom. The molecule has 32 heavy (non-hydrogen) atoms. The molecule has 5 rings (SSSR count). The van der Waals surface area contributed by atoms with Crippen LogP contribution in [-0.4, -0.2) is 46.8 Å². The van der Waals surface area contributed by atoms with Crippen molar-refractivity contribution in [3.05, 3.63) is 75.3 Å². The highest BCUT2D eigenvalue weighted by Gasteiger charge is 2.25. The van der Waals surface area contributed by atoms with Crippen molar-refractivity contribution in [2.75, 3.05) is 31.1 Å². The summed E-state index contributed by atoms with van der Waals surface area (Å²) in [6.45, 7) is 9.44. The smallest absolute Gasteiger partial charge is 0.264 e. The molecule has 2 aromatic carbocycles. The third-order valence-corrected chi connectivity index (χ3v) is 7.66. The molecule has 0 bridgehead atoms. The lowest BCUT2D eigenvalue weighted by atomic mass is 10.1. The van der Waals surface area contributed by atoms with Crippen molar-refractivity contribution in [3.63, 3.8) is 0 Å². The number of fused-ring (bicyclic) bond motifs is 1. The van der Waals surface area contributed by atoms with Crippen LogP contribution in [0.2, 0.25) is 5.02 Å². The summed E-state index contributed by atoms with van der Waals surface area (Å²) in [5.74, 6) is 0.105. The Hall–Kier alpha value is -2.83. The highest BCUT2D eigenvalue weighted by atomic mass is 35.5. The van der Waals surface area contributed by atoms with E-state index in [1.165, 1.54) is 28.2 Å². The number of carbonyl (C=O) groups is 1. The van der Waals surface area contributed by atoms with Gasteiger partial charge in [-0.2, -0.15) is 5.10 Å². The van der Waals surface area contributed by atoms with E-state index in [2.05, 4.69) is 42.0 Å². The minimum Gasteiger partial charge on any atom is -0.368 e. The second kappa shape index (κ2) is 8.26. The number of thiophene rings is 1. The van der Waals surface area contributed by atoms with E-state index >= 15 is 0 Å². The minimum absolute atomic E-state index is 0.105. The fourth-order valence-corrected chi connectivity index (χ4v) is 5.57. The third kappa shape index (κ3) is 3.67. The quantitative estimate of drug-likeness (QED) is 0.394. The summed E-state index contributed by atoms with van der Waals surface area (Å²) in [7, 11) is 0. The normalized spacial score (nSPS) is 14.4. The van der Waals surface area contributed by atoms with Gasteiger partial charge in [-0.3, -0.25) is 4.79 Å². The number of benzene rings is 2. The van der Waals surface area contributed by atoms with Crippen molar-refractivity contribution in [1.29, 1.82) is 0 Å². The summed E-state index contributed by atoms with van der Waals surface area (Å²) in [6.07, 6.45) is 0. The summed E-state index contributed by atoms with van der Waals surface area (Å²) in [6, 6.07) is 16.0. The van der Waals surface area contributed by atoms with Crippen molar-refractivity contribution >= 4 is 44.7 Å². The van der Waals surface area contributed by atoms with Gasteiger partial charge in [0.05, 0.1) is 16.3 Å². The lowest BCUT2D eigenvalue weighted by molar-refractivity contribution is 0.0751. The van der Waals surface area contributed by atoms with Crippen LogP contribution in [0.5, 0.6) is 0 Å². The first kappa shape index (κ1) is 21.0. The predicted molar refractivity (Wildman–Crippen MR) is 133 cm³/mol. The fraction of sp³-hybridized carbons (Fsp3) is 0.280. The van der Waals surface area contributed by atoms with Gasteiger partial charge in [0.25, 0.3) is 5.91 Å². The number of piperazine rings is 1. The van der Waals surface area contributed by atoms with Crippen LogP contribution in [0, 0.1) is 20.8 Å². The molecule has 0 atom stereocenters. The molecular weight excluding hydrogens is 440 g/mol. The van der Waals surface area contributed by atoms with Gasteiger partial charge in [-0.25, -0.2) is 4.68 Å². The van der Waals surface area contributed by atoms with Gasteiger partial charge >= 0.3 is 0 Å². The van der Waals surface area contributed by atoms with Crippen molar-refractivity contribution in [1.82, 2.24) is 14.7 Å². The van der Waals surface area contributed by atoms with Crippen molar-refractivity contribution in [2.24, 2.45) is 0 Å². The van der Waals surface area contributed by atoms with E-state index in [1.54, 1.807) is 0 Å². The average molecular weight is 465 g/mol. The molecule has 3 heterocycles. The van der Waals surface area contributed by atoms with Gasteiger partial charge in [0.2, 0.25) is 0 Å². The second-order valence-corrected chi connectivity index (χ2v) is 9.77. The number of anilines is 1. The number of aromatic nitrogens is 2. The van der Waals surface area contributed by atoms with Crippen LogP contribution in [0.25, 0.3) is 15.9 Å². The SMILES string of the molecule is Cc1cccc(N2CCN(C(=O)c3cc4c(C)nn(-c5ccc(Cl)cc5)c4s3)CC2)c1C. The zero-order valence-corrected chi connectivity index (χ0v) is 20.0. The Morgan fingerprint density at radius 2 is 1.72 bits per heavy atom. The van der Waals surface area contributed by atoms with Crippen LogP contribution in [-0.2, 0) is 0 Å². The molecule has 1 fully saturated rings. The molecule has 0 saturated carbocycles. The molecule has 1 aliphatic heterocycles. The highest BCUT2D eigenvalue weighted by Crippen LogP contribution is 2.32. The van der Waals surface area contributed by atoms with E-state index < -0.39 is 0 Å². The maximum Gasteiger partial charge on any atom is 0.264 e. The molecule has 5 nitrogen and oxygen atoms in total. The topological polar surface area (TPSA) is 41.4 Å². The van der Waals surface area contributed by atoms with E-state index in [-0.39, 0.29) is 5.91 Å². The fourth-order valence-electron chi connectivity index (χ4n) is 4.29. The lowest BCUT2D eigenvalue weighted by Gasteiger charge is -2.36. The summed E-state index contributed by atoms with van der Waals surface area (Å²) in [4.78, 5) is 19.4. The number of nitrogens with zero attached hydrogens (tertiary/aromatic N) is 4. The van der Waals surface area contributed by atoms with Crippen LogP contribution in [0.1, 0.15) is 26.5 Å². The maximum atomic E-state index is 13.3. The summed E-state index contributed by atoms with van der Waals surface area (Å²) >= 11 is 7.55. The zero-order chi connectivity index (χ0) is 22.4. The average Bonchev–Trinajstić information content (AvgIpc) is 3.37. The highest BCUT2D eigenvalue weighted by molar-refractivity contribution is 7.20. The van der Waals surface area contributed by atoms with E-state index in [4.69, 9.17) is 11.6 Å². The van der Waals surface area contributed by atoms with Crippen molar-refractivity contribution in [2.45, 2.75) is 20.8 Å². The number of amides is 1. The van der Waals surface area contributed by atoms with Crippen LogP contribution >= 0.6 is 22.9 Å². The van der Waals surface area contributed by atoms with Crippen molar-refractivity contribution in [3.8, 4) is 5.69 Å². The number of halogens is 1. The molecule has 2 aromatic heterocycles. The Kier molecular flexibility index (Phi) is 5.43. The number of carbonyl (C=O) groups excluding carboxylic acids is 1. The summed E-state index contributed by atoms with van der Waals surface area (Å²) in [5, 5.41) is 6.39. The largest absolute Gasteiger partial charge is 0.368 e. The monoisotopic (exact) mass is 464 g/mol. The zero-order valence-electron chi connectivity index (χ0n) is 18.4. The number of hydrogen-bond acceptors (Lipinski definition) is 4. The Morgan fingerprint density at radius 3 is 2.44 bits per heavy atom. The van der Waals surface area contributed by atoms with Gasteiger partial charge in [-0.1, -0.05) is 23.7 Å². The molecule has 1 aliphatic rings. The van der Waals surface area contributed by atoms with E-state index in [0.717, 1.165) is 52.7 Å². The molecule has 0 unspecified atom stereocenters. The molecule has 0 radical (unpaired) electrons. The van der Waals surface area contributed by atoms with Crippen LogP contribution < -0.4 is 4.90 Å². The van der Waals surface area contributed by atoms with Crippen LogP contribution in [0.3, 0.4) is 0 Å². The second-order valence-electron chi connectivity index (χ2n) is 8.30. The first-order valence-corrected chi connectivity index (χ1v) is 12.0. The number of rotatable bonds is 3. The third-order valence-electron chi connectivity index (χ3n) is 6.31. The maximum absolute atomic E-state index is 13.3. The Bertz CT molecular complexity index is 1300. The predicted octanol–water partition coefficient (Wildman–Crippen LogP) is 5.63. The van der Waals surface area contributed by atoms with E-state index in [0.29, 0.717) is 5.02 Å². The molecule has 1 saturated heterocycles. The van der Waals surface area contributed by atoms with E-state index in [1.807, 2.05) is 46.8 Å². The molecule has 0 N–H and O–H groups in total. The molecule has 0 spiro atoms. The van der Waals surface area contributed by atoms with Gasteiger partial charge < -0.3 is 9.80 Å². The molecule has 7 heteroatoms. The minimum atomic E-state index is 0.105. The number of aryl methyl sites for hydroxylation is 2. The Balaban J connectivity index is 1.36. The van der Waals surface area contributed by atoms with Crippen molar-refractivity contribution < 1.29 is 4.79 Å². The van der Waals surface area contributed by atoms with Gasteiger partial charge in [-0.05, 0) is 68.3 Å². The molecule has 0 aliphatic carbocycles. The lowest BCUT2D eigenvalue weighted by Crippen LogP contribution is -2.48. The number of hydrogen-bond donors (Lipinski definition) is 0.